The molecule has 9 heteroatoms. The van der Waals surface area contributed by atoms with Crippen molar-refractivity contribution >= 4 is 17.2 Å². The number of rotatable bonds is 4. The number of thiophene rings is 1. The van der Waals surface area contributed by atoms with Crippen LogP contribution in [0.4, 0.5) is 0 Å². The van der Waals surface area contributed by atoms with Crippen LogP contribution in [0.3, 0.4) is 0 Å². The maximum Gasteiger partial charge on any atom is 0.267 e. The predicted molar refractivity (Wildman–Crippen MR) is 95.8 cm³/mol. The average Bonchev–Trinajstić information content (AvgIpc) is 3.37. The summed E-state index contributed by atoms with van der Waals surface area (Å²) in [5.74, 6) is 0.361. The Kier molecular flexibility index (Phi) is 4.39. The molecule has 4 heterocycles. The summed E-state index contributed by atoms with van der Waals surface area (Å²) in [6, 6.07) is 7.84. The molecular weight excluding hydrogens is 354 g/mol. The number of aromatic nitrogens is 4. The molecule has 0 aliphatic carbocycles. The lowest BCUT2D eigenvalue weighted by atomic mass is 10.1. The molecule has 1 aliphatic rings. The van der Waals surface area contributed by atoms with Gasteiger partial charge in [-0.3, -0.25) is 9.59 Å². The fraction of sp³-hybridized carbons (Fsp3) is 0.294. The summed E-state index contributed by atoms with van der Waals surface area (Å²) in [5.41, 5.74) is -0.248. The van der Waals surface area contributed by atoms with Crippen molar-refractivity contribution in [1.29, 1.82) is 0 Å². The molecule has 8 nitrogen and oxygen atoms in total. The van der Waals surface area contributed by atoms with Crippen LogP contribution in [-0.4, -0.2) is 44.7 Å². The molecule has 0 bridgehead atoms. The molecule has 4 rings (SSSR count). The first-order valence-electron chi connectivity index (χ1n) is 8.17. The Morgan fingerprint density at radius 3 is 2.92 bits per heavy atom. The van der Waals surface area contributed by atoms with Gasteiger partial charge in [-0.05, 0) is 31.2 Å². The molecule has 26 heavy (non-hydrogen) atoms. The fourth-order valence-electron chi connectivity index (χ4n) is 2.90. The zero-order valence-corrected chi connectivity index (χ0v) is 14.8. The Bertz CT molecular complexity index is 978. The smallest absolute Gasteiger partial charge is 0.267 e. The van der Waals surface area contributed by atoms with Gasteiger partial charge in [0.1, 0.15) is 6.04 Å². The van der Waals surface area contributed by atoms with Gasteiger partial charge in [-0.25, -0.2) is 9.36 Å². The number of hydrogen-bond donors (Lipinski definition) is 1. The molecular formula is C17H17N5O3S. The zero-order valence-electron chi connectivity index (χ0n) is 14.0. The third-order valence-corrected chi connectivity index (χ3v) is 5.19. The first-order chi connectivity index (χ1) is 12.6. The minimum atomic E-state index is -0.372. The highest BCUT2D eigenvalue weighted by Crippen LogP contribution is 2.20. The average molecular weight is 371 g/mol. The summed E-state index contributed by atoms with van der Waals surface area (Å²) < 4.78 is 8.47. The van der Waals surface area contributed by atoms with Gasteiger partial charge < -0.3 is 10.1 Å². The molecule has 0 aromatic carbocycles. The summed E-state index contributed by atoms with van der Waals surface area (Å²) in [5, 5.41) is 11.5. The van der Waals surface area contributed by atoms with Crippen molar-refractivity contribution in [3.05, 3.63) is 62.8 Å². The molecule has 0 spiro atoms. The Balaban J connectivity index is 1.59. The number of ether oxygens (including phenoxy) is 1. The van der Waals surface area contributed by atoms with Crippen LogP contribution in [0.25, 0.3) is 5.82 Å². The summed E-state index contributed by atoms with van der Waals surface area (Å²) in [6.45, 7) is 2.60. The number of aryl methyl sites for hydroxylation is 1. The van der Waals surface area contributed by atoms with Gasteiger partial charge in [-0.15, -0.1) is 16.4 Å². The third kappa shape index (κ3) is 3.18. The van der Waals surface area contributed by atoms with Crippen LogP contribution in [0.5, 0.6) is 0 Å². The molecule has 1 saturated heterocycles. The van der Waals surface area contributed by atoms with Crippen LogP contribution >= 0.6 is 11.3 Å². The SMILES string of the molecule is Cc1ccc(C(=O)NC2COCC2n2nc(-n3cccn3)ccc2=O)s1. The summed E-state index contributed by atoms with van der Waals surface area (Å²) in [4.78, 5) is 26.5. The lowest BCUT2D eigenvalue weighted by Crippen LogP contribution is -2.44. The standard InChI is InChI=1S/C17H17N5O3S/c1-11-3-4-14(26-11)17(24)19-12-9-25-10-13(12)22-16(23)6-5-15(20-22)21-8-2-7-18-21/h2-8,12-13H,9-10H2,1H3,(H,19,24). The number of nitrogens with one attached hydrogen (secondary N) is 1. The highest BCUT2D eigenvalue weighted by Gasteiger charge is 2.33. The van der Waals surface area contributed by atoms with E-state index in [-0.39, 0.29) is 23.6 Å². The van der Waals surface area contributed by atoms with E-state index in [1.165, 1.54) is 22.1 Å². The number of hydrogen-bond acceptors (Lipinski definition) is 6. The zero-order chi connectivity index (χ0) is 18.1. The maximum atomic E-state index is 12.5. The van der Waals surface area contributed by atoms with Crippen molar-refractivity contribution in [3.63, 3.8) is 0 Å². The summed E-state index contributed by atoms with van der Waals surface area (Å²) in [7, 11) is 0. The van der Waals surface area contributed by atoms with Crippen molar-refractivity contribution in [1.82, 2.24) is 24.9 Å². The van der Waals surface area contributed by atoms with Crippen molar-refractivity contribution in [3.8, 4) is 5.82 Å². The molecule has 2 atom stereocenters. The highest BCUT2D eigenvalue weighted by atomic mass is 32.1. The van der Waals surface area contributed by atoms with Crippen LogP contribution in [0.2, 0.25) is 0 Å². The molecule has 0 radical (unpaired) electrons. The Hall–Kier alpha value is -2.78. The Morgan fingerprint density at radius 2 is 2.19 bits per heavy atom. The van der Waals surface area contributed by atoms with Gasteiger partial charge in [0.15, 0.2) is 5.82 Å². The predicted octanol–water partition coefficient (Wildman–Crippen LogP) is 1.17. The van der Waals surface area contributed by atoms with E-state index >= 15 is 0 Å². The molecule has 2 unspecified atom stereocenters. The quantitative estimate of drug-likeness (QED) is 0.743. The van der Waals surface area contributed by atoms with Gasteiger partial charge in [-0.1, -0.05) is 0 Å². The van der Waals surface area contributed by atoms with Crippen LogP contribution in [0.15, 0.2) is 47.5 Å². The number of nitrogens with zero attached hydrogens (tertiary/aromatic N) is 4. The fourth-order valence-corrected chi connectivity index (χ4v) is 3.67. The van der Waals surface area contributed by atoms with E-state index in [1.54, 1.807) is 35.3 Å². The molecule has 0 saturated carbocycles. The number of carbonyl (C=O) groups excluding carboxylic acids is 1. The molecule has 134 valence electrons. The van der Waals surface area contributed by atoms with E-state index in [1.807, 2.05) is 13.0 Å². The highest BCUT2D eigenvalue weighted by molar-refractivity contribution is 7.13. The van der Waals surface area contributed by atoms with E-state index in [4.69, 9.17) is 4.74 Å². The third-order valence-electron chi connectivity index (χ3n) is 4.20. The van der Waals surface area contributed by atoms with Crippen molar-refractivity contribution in [2.75, 3.05) is 13.2 Å². The van der Waals surface area contributed by atoms with Gasteiger partial charge >= 0.3 is 0 Å². The topological polar surface area (TPSA) is 91.0 Å². The first kappa shape index (κ1) is 16.7. The van der Waals surface area contributed by atoms with Gasteiger partial charge in [0.25, 0.3) is 11.5 Å². The molecule has 1 aliphatic heterocycles. The van der Waals surface area contributed by atoms with Crippen molar-refractivity contribution < 1.29 is 9.53 Å². The Labute approximate surface area is 153 Å². The van der Waals surface area contributed by atoms with Gasteiger partial charge in [0.05, 0.1) is 24.1 Å². The van der Waals surface area contributed by atoms with Gasteiger partial charge in [0.2, 0.25) is 0 Å². The van der Waals surface area contributed by atoms with E-state index in [0.29, 0.717) is 23.9 Å². The van der Waals surface area contributed by atoms with E-state index < -0.39 is 0 Å². The van der Waals surface area contributed by atoms with Gasteiger partial charge in [-0.2, -0.15) is 5.10 Å². The molecule has 1 fully saturated rings. The maximum absolute atomic E-state index is 12.5. The summed E-state index contributed by atoms with van der Waals surface area (Å²) >= 11 is 1.43. The lowest BCUT2D eigenvalue weighted by molar-refractivity contribution is 0.0929. The number of amides is 1. The van der Waals surface area contributed by atoms with Gasteiger partial charge in [0, 0.05) is 23.3 Å². The first-order valence-corrected chi connectivity index (χ1v) is 8.98. The second-order valence-electron chi connectivity index (χ2n) is 6.02. The minimum absolute atomic E-state index is 0.167. The molecule has 1 N–H and O–H groups in total. The number of carbonyl (C=O) groups is 1. The molecule has 3 aromatic rings. The summed E-state index contributed by atoms with van der Waals surface area (Å²) in [6.07, 6.45) is 3.39. The monoisotopic (exact) mass is 371 g/mol. The van der Waals surface area contributed by atoms with Crippen molar-refractivity contribution in [2.45, 2.75) is 19.0 Å². The minimum Gasteiger partial charge on any atom is -0.377 e. The largest absolute Gasteiger partial charge is 0.377 e. The van der Waals surface area contributed by atoms with E-state index in [0.717, 1.165) is 4.88 Å². The van der Waals surface area contributed by atoms with Crippen LogP contribution in [0.1, 0.15) is 20.6 Å². The normalized spacial score (nSPS) is 19.6. The molecule has 3 aromatic heterocycles. The van der Waals surface area contributed by atoms with Crippen molar-refractivity contribution in [2.24, 2.45) is 0 Å². The Morgan fingerprint density at radius 1 is 1.31 bits per heavy atom. The lowest BCUT2D eigenvalue weighted by Gasteiger charge is -2.20. The van der Waals surface area contributed by atoms with Crippen LogP contribution in [0, 0.1) is 6.92 Å². The van der Waals surface area contributed by atoms with E-state index in [2.05, 4.69) is 15.5 Å². The second-order valence-corrected chi connectivity index (χ2v) is 7.31. The molecule has 1 amide bonds. The van der Waals surface area contributed by atoms with Crippen LogP contribution in [-0.2, 0) is 4.74 Å². The van der Waals surface area contributed by atoms with E-state index in [9.17, 15) is 9.59 Å². The second kappa shape index (κ2) is 6.85. The van der Waals surface area contributed by atoms with Crippen LogP contribution < -0.4 is 10.9 Å².